The van der Waals surface area contributed by atoms with Crippen LogP contribution in [-0.2, 0) is 4.74 Å². The Kier molecular flexibility index (Phi) is 5.58. The van der Waals surface area contributed by atoms with Gasteiger partial charge in [0.1, 0.15) is 23.1 Å². The zero-order valence-corrected chi connectivity index (χ0v) is 12.3. The lowest BCUT2D eigenvalue weighted by Crippen LogP contribution is -2.40. The van der Waals surface area contributed by atoms with E-state index in [9.17, 15) is 0 Å². The molecule has 0 spiro atoms. The molecule has 1 N–H and O–H groups in total. The summed E-state index contributed by atoms with van der Waals surface area (Å²) in [5.41, 5.74) is 0.844. The number of benzene rings is 1. The second-order valence-electron chi connectivity index (χ2n) is 4.34. The van der Waals surface area contributed by atoms with Crippen molar-refractivity contribution in [3.8, 4) is 11.5 Å². The van der Waals surface area contributed by atoms with Crippen LogP contribution in [0.15, 0.2) is 18.2 Å². The van der Waals surface area contributed by atoms with Gasteiger partial charge >= 0.3 is 0 Å². The SMILES string of the molecule is COc1ccc(C(=S)N2CCOCC2)c(OCCO)c1. The zero-order valence-electron chi connectivity index (χ0n) is 11.5. The molecule has 1 heterocycles. The Bertz CT molecular complexity index is 460. The van der Waals surface area contributed by atoms with E-state index in [0.29, 0.717) is 24.7 Å². The number of hydrogen-bond acceptors (Lipinski definition) is 5. The highest BCUT2D eigenvalue weighted by atomic mass is 32.1. The van der Waals surface area contributed by atoms with Gasteiger partial charge in [-0.25, -0.2) is 0 Å². The monoisotopic (exact) mass is 297 g/mol. The highest BCUT2D eigenvalue weighted by Gasteiger charge is 2.19. The summed E-state index contributed by atoms with van der Waals surface area (Å²) in [5, 5.41) is 8.92. The van der Waals surface area contributed by atoms with E-state index < -0.39 is 0 Å². The maximum atomic E-state index is 8.92. The minimum atomic E-state index is -0.0407. The van der Waals surface area contributed by atoms with Gasteiger partial charge in [0.15, 0.2) is 0 Å². The number of thiocarbonyl (C=S) groups is 1. The van der Waals surface area contributed by atoms with Gasteiger partial charge in [-0.3, -0.25) is 0 Å². The molecule has 20 heavy (non-hydrogen) atoms. The van der Waals surface area contributed by atoms with E-state index in [0.717, 1.165) is 23.6 Å². The van der Waals surface area contributed by atoms with Crippen LogP contribution in [0.2, 0.25) is 0 Å². The van der Waals surface area contributed by atoms with Crippen LogP contribution < -0.4 is 9.47 Å². The Morgan fingerprint density at radius 3 is 2.80 bits per heavy atom. The van der Waals surface area contributed by atoms with Crippen molar-refractivity contribution in [2.45, 2.75) is 0 Å². The summed E-state index contributed by atoms with van der Waals surface area (Å²) >= 11 is 5.54. The molecule has 0 aliphatic carbocycles. The van der Waals surface area contributed by atoms with Crippen LogP contribution in [0.3, 0.4) is 0 Å². The van der Waals surface area contributed by atoms with Crippen molar-refractivity contribution >= 4 is 17.2 Å². The second kappa shape index (κ2) is 7.42. The Hall–Kier alpha value is -1.37. The smallest absolute Gasteiger partial charge is 0.133 e. The molecule has 1 aromatic carbocycles. The van der Waals surface area contributed by atoms with Crippen molar-refractivity contribution in [1.29, 1.82) is 0 Å². The fourth-order valence-corrected chi connectivity index (χ4v) is 2.37. The van der Waals surface area contributed by atoms with E-state index in [4.69, 9.17) is 31.5 Å². The maximum Gasteiger partial charge on any atom is 0.133 e. The van der Waals surface area contributed by atoms with Crippen molar-refractivity contribution < 1.29 is 19.3 Å². The third-order valence-corrected chi connectivity index (χ3v) is 3.54. The molecule has 2 rings (SSSR count). The van der Waals surface area contributed by atoms with E-state index >= 15 is 0 Å². The summed E-state index contributed by atoms with van der Waals surface area (Å²) in [6, 6.07) is 5.54. The molecule has 0 aromatic heterocycles. The molecule has 0 amide bonds. The molecular formula is C14H19NO4S. The lowest BCUT2D eigenvalue weighted by atomic mass is 10.1. The molecule has 0 saturated carbocycles. The van der Waals surface area contributed by atoms with Crippen molar-refractivity contribution in [3.63, 3.8) is 0 Å². The molecular weight excluding hydrogens is 278 g/mol. The quantitative estimate of drug-likeness (QED) is 0.821. The van der Waals surface area contributed by atoms with Gasteiger partial charge in [-0.15, -0.1) is 0 Å². The molecule has 1 fully saturated rings. The van der Waals surface area contributed by atoms with Crippen molar-refractivity contribution in [3.05, 3.63) is 23.8 Å². The normalized spacial score (nSPS) is 15.0. The highest BCUT2D eigenvalue weighted by molar-refractivity contribution is 7.80. The van der Waals surface area contributed by atoms with Gasteiger partial charge in [0.25, 0.3) is 0 Å². The molecule has 1 aliphatic heterocycles. The number of rotatable bonds is 5. The molecule has 110 valence electrons. The second-order valence-corrected chi connectivity index (χ2v) is 4.73. The van der Waals surface area contributed by atoms with Crippen LogP contribution in [0, 0.1) is 0 Å². The topological polar surface area (TPSA) is 51.2 Å². The summed E-state index contributed by atoms with van der Waals surface area (Å²) in [6.45, 7) is 3.12. The first-order valence-electron chi connectivity index (χ1n) is 6.55. The number of aliphatic hydroxyl groups is 1. The van der Waals surface area contributed by atoms with Crippen molar-refractivity contribution in [1.82, 2.24) is 4.90 Å². The number of nitrogens with zero attached hydrogens (tertiary/aromatic N) is 1. The average Bonchev–Trinajstić information content (AvgIpc) is 2.52. The Morgan fingerprint density at radius 2 is 2.15 bits per heavy atom. The van der Waals surface area contributed by atoms with Gasteiger partial charge < -0.3 is 24.2 Å². The number of morpholine rings is 1. The van der Waals surface area contributed by atoms with Crippen LogP contribution in [0.5, 0.6) is 11.5 Å². The molecule has 0 radical (unpaired) electrons. The highest BCUT2D eigenvalue weighted by Crippen LogP contribution is 2.27. The summed E-state index contributed by atoms with van der Waals surface area (Å²) in [6.07, 6.45) is 0. The fourth-order valence-electron chi connectivity index (χ4n) is 2.02. The van der Waals surface area contributed by atoms with E-state index in [2.05, 4.69) is 4.90 Å². The van der Waals surface area contributed by atoms with Crippen LogP contribution in [-0.4, -0.2) is 61.6 Å². The lowest BCUT2D eigenvalue weighted by Gasteiger charge is -2.30. The van der Waals surface area contributed by atoms with Crippen LogP contribution >= 0.6 is 12.2 Å². The van der Waals surface area contributed by atoms with Crippen LogP contribution in [0.4, 0.5) is 0 Å². The predicted octanol–water partition coefficient (Wildman–Crippen LogP) is 1.07. The number of ether oxygens (including phenoxy) is 3. The summed E-state index contributed by atoms with van der Waals surface area (Å²) < 4.78 is 16.1. The third kappa shape index (κ3) is 3.59. The summed E-state index contributed by atoms with van der Waals surface area (Å²) in [7, 11) is 1.60. The Labute approximate surface area is 124 Å². The van der Waals surface area contributed by atoms with Gasteiger partial charge in [0.2, 0.25) is 0 Å². The minimum absolute atomic E-state index is 0.0407. The molecule has 0 atom stereocenters. The Balaban J connectivity index is 2.21. The van der Waals surface area contributed by atoms with Crippen molar-refractivity contribution in [2.75, 3.05) is 46.6 Å². The fraction of sp³-hybridized carbons (Fsp3) is 0.500. The molecule has 0 bridgehead atoms. The Morgan fingerprint density at radius 1 is 1.40 bits per heavy atom. The third-order valence-electron chi connectivity index (χ3n) is 3.07. The molecule has 1 aliphatic rings. The summed E-state index contributed by atoms with van der Waals surface area (Å²) in [5.74, 6) is 1.33. The number of aliphatic hydroxyl groups excluding tert-OH is 1. The van der Waals surface area contributed by atoms with Crippen molar-refractivity contribution in [2.24, 2.45) is 0 Å². The maximum absolute atomic E-state index is 8.92. The van der Waals surface area contributed by atoms with Crippen LogP contribution in [0.1, 0.15) is 5.56 Å². The molecule has 0 unspecified atom stereocenters. The number of methoxy groups -OCH3 is 1. The minimum Gasteiger partial charge on any atom is -0.497 e. The molecule has 1 aromatic rings. The number of hydrogen-bond donors (Lipinski definition) is 1. The first kappa shape index (κ1) is 15.0. The van der Waals surface area contributed by atoms with Gasteiger partial charge in [0.05, 0.1) is 32.5 Å². The zero-order chi connectivity index (χ0) is 14.4. The summed E-state index contributed by atoms with van der Waals surface area (Å²) in [4.78, 5) is 2.84. The van der Waals surface area contributed by atoms with Gasteiger partial charge in [-0.2, -0.15) is 0 Å². The largest absolute Gasteiger partial charge is 0.497 e. The van der Waals surface area contributed by atoms with Gasteiger partial charge in [-0.1, -0.05) is 12.2 Å². The van der Waals surface area contributed by atoms with E-state index in [1.807, 2.05) is 12.1 Å². The molecule has 5 nitrogen and oxygen atoms in total. The van der Waals surface area contributed by atoms with Crippen LogP contribution in [0.25, 0.3) is 0 Å². The van der Waals surface area contributed by atoms with Gasteiger partial charge in [0, 0.05) is 19.2 Å². The van der Waals surface area contributed by atoms with E-state index in [-0.39, 0.29) is 13.2 Å². The standard InChI is InChI=1S/C14H19NO4S/c1-17-11-2-3-12(13(10-11)19-9-6-16)14(20)15-4-7-18-8-5-15/h2-3,10,16H,4-9H2,1H3. The molecule has 1 saturated heterocycles. The van der Waals surface area contributed by atoms with E-state index in [1.165, 1.54) is 0 Å². The predicted molar refractivity (Wildman–Crippen MR) is 79.7 cm³/mol. The molecule has 6 heteroatoms. The van der Waals surface area contributed by atoms with Gasteiger partial charge in [-0.05, 0) is 12.1 Å². The van der Waals surface area contributed by atoms with E-state index in [1.54, 1.807) is 13.2 Å². The first-order valence-corrected chi connectivity index (χ1v) is 6.96. The lowest BCUT2D eigenvalue weighted by molar-refractivity contribution is 0.0692. The first-order chi connectivity index (χ1) is 9.76. The average molecular weight is 297 g/mol.